The minimum Gasteiger partial charge on any atom is -0.490 e. The van der Waals surface area contributed by atoms with Crippen molar-refractivity contribution >= 4 is 35.0 Å². The number of hydrogen-bond donors (Lipinski definition) is 1. The number of allylic oxidation sites excluding steroid dienone is 2. The molecule has 1 atom stereocenters. The lowest BCUT2D eigenvalue weighted by Crippen LogP contribution is -2.31. The Hall–Kier alpha value is -3.16. The van der Waals surface area contributed by atoms with E-state index in [0.717, 1.165) is 5.56 Å². The number of hydrogen-bond acceptors (Lipinski definition) is 7. The Morgan fingerprint density at radius 1 is 1.11 bits per heavy atom. The van der Waals surface area contributed by atoms with E-state index in [1.807, 2.05) is 6.92 Å². The second-order valence-corrected chi connectivity index (χ2v) is 8.93. The van der Waals surface area contributed by atoms with Crippen LogP contribution in [0.3, 0.4) is 0 Å². The Labute approximate surface area is 213 Å². The number of halogens is 2. The lowest BCUT2D eigenvalue weighted by Gasteiger charge is -2.32. The number of esters is 1. The van der Waals surface area contributed by atoms with Gasteiger partial charge in [-0.05, 0) is 43.2 Å². The summed E-state index contributed by atoms with van der Waals surface area (Å²) in [5, 5.41) is 1.03. The van der Waals surface area contributed by atoms with E-state index in [1.54, 1.807) is 36.4 Å². The zero-order chi connectivity index (χ0) is 25.1. The number of carbonyl (C=O) groups excluding carboxylic acids is 2. The van der Waals surface area contributed by atoms with Crippen molar-refractivity contribution in [1.82, 2.24) is 0 Å². The van der Waals surface area contributed by atoms with Crippen LogP contribution < -0.4 is 15.2 Å². The number of carbonyl (C=O) groups is 2. The zero-order valence-electron chi connectivity index (χ0n) is 19.4. The van der Waals surface area contributed by atoms with E-state index in [1.165, 1.54) is 7.11 Å². The summed E-state index contributed by atoms with van der Waals surface area (Å²) < 4.78 is 22.5. The van der Waals surface area contributed by atoms with Crippen LogP contribution in [-0.2, 0) is 25.7 Å². The highest BCUT2D eigenvalue weighted by atomic mass is 35.5. The van der Waals surface area contributed by atoms with Crippen molar-refractivity contribution in [3.8, 4) is 11.5 Å². The molecule has 0 saturated carbocycles. The molecule has 9 heteroatoms. The Kier molecular flexibility index (Phi) is 7.57. The molecular weight excluding hydrogens is 493 g/mol. The molecule has 2 aliphatic rings. The van der Waals surface area contributed by atoms with Crippen molar-refractivity contribution in [2.24, 2.45) is 5.73 Å². The van der Waals surface area contributed by atoms with Crippen LogP contribution in [0.5, 0.6) is 11.5 Å². The van der Waals surface area contributed by atoms with Crippen molar-refractivity contribution in [2.75, 3.05) is 13.7 Å². The van der Waals surface area contributed by atoms with Gasteiger partial charge in [-0.1, -0.05) is 35.3 Å². The van der Waals surface area contributed by atoms with Crippen molar-refractivity contribution in [3.63, 3.8) is 0 Å². The van der Waals surface area contributed by atoms with E-state index >= 15 is 0 Å². The number of ketones is 1. The lowest BCUT2D eigenvalue weighted by molar-refractivity contribution is -0.136. The van der Waals surface area contributed by atoms with Crippen LogP contribution in [0.25, 0.3) is 0 Å². The van der Waals surface area contributed by atoms with Crippen LogP contribution in [0, 0.1) is 0 Å². The molecule has 184 valence electrons. The number of ether oxygens (including phenoxy) is 4. The summed E-state index contributed by atoms with van der Waals surface area (Å²) in [7, 11) is 1.26. The first-order valence-electron chi connectivity index (χ1n) is 11.2. The lowest BCUT2D eigenvalue weighted by atomic mass is 9.77. The third kappa shape index (κ3) is 5.11. The maximum atomic E-state index is 12.9. The molecule has 1 aliphatic heterocycles. The van der Waals surface area contributed by atoms with Crippen molar-refractivity contribution in [2.45, 2.75) is 38.7 Å². The largest absolute Gasteiger partial charge is 0.490 e. The van der Waals surface area contributed by atoms with Crippen molar-refractivity contribution in [3.05, 3.63) is 80.4 Å². The molecule has 0 radical (unpaired) electrons. The van der Waals surface area contributed by atoms with Crippen LogP contribution in [0.15, 0.2) is 59.2 Å². The standard InChI is InChI=1S/C26H25Cl2NO6/c1-3-33-21-11-14(8-10-19(21)34-13-15-7-9-16(27)12-17(15)28)22-23-18(30)5-4-6-20(23)35-25(29)24(22)26(31)32-2/h7-12,22H,3-6,13,29H2,1-2H3/t22-/m1/s1. The fourth-order valence-corrected chi connectivity index (χ4v) is 4.75. The van der Waals surface area contributed by atoms with E-state index in [2.05, 4.69) is 0 Å². The van der Waals surface area contributed by atoms with E-state index < -0.39 is 11.9 Å². The van der Waals surface area contributed by atoms with Gasteiger partial charge in [0.15, 0.2) is 17.3 Å². The molecule has 0 saturated heterocycles. The Bertz CT molecular complexity index is 1240. The molecule has 2 N–H and O–H groups in total. The summed E-state index contributed by atoms with van der Waals surface area (Å²) in [6, 6.07) is 10.4. The second kappa shape index (κ2) is 10.6. The van der Waals surface area contributed by atoms with Gasteiger partial charge >= 0.3 is 5.97 Å². The molecule has 1 heterocycles. The highest BCUT2D eigenvalue weighted by Gasteiger charge is 2.41. The molecule has 1 aliphatic carbocycles. The summed E-state index contributed by atoms with van der Waals surface area (Å²) in [6.07, 6.45) is 1.60. The predicted molar refractivity (Wildman–Crippen MR) is 131 cm³/mol. The molecule has 0 aromatic heterocycles. The summed E-state index contributed by atoms with van der Waals surface area (Å²) in [6.45, 7) is 2.43. The maximum Gasteiger partial charge on any atom is 0.340 e. The van der Waals surface area contributed by atoms with Crippen molar-refractivity contribution in [1.29, 1.82) is 0 Å². The summed E-state index contributed by atoms with van der Waals surface area (Å²) in [4.78, 5) is 25.6. The van der Waals surface area contributed by atoms with E-state index in [9.17, 15) is 9.59 Å². The first-order chi connectivity index (χ1) is 16.8. The van der Waals surface area contributed by atoms with E-state index in [0.29, 0.717) is 64.3 Å². The number of Topliss-reactive ketones (excluding diaryl/α,β-unsaturated/α-hetero) is 1. The van der Waals surface area contributed by atoms with Gasteiger partial charge in [-0.3, -0.25) is 4.79 Å². The topological polar surface area (TPSA) is 97.1 Å². The van der Waals surface area contributed by atoms with Gasteiger partial charge in [0, 0.05) is 34.0 Å². The molecule has 0 spiro atoms. The van der Waals surface area contributed by atoms with Gasteiger partial charge in [0.25, 0.3) is 0 Å². The molecular formula is C26H25Cl2NO6. The number of rotatable bonds is 7. The van der Waals surface area contributed by atoms with Gasteiger partial charge in [-0.2, -0.15) is 0 Å². The van der Waals surface area contributed by atoms with Crippen LogP contribution in [0.4, 0.5) is 0 Å². The Morgan fingerprint density at radius 3 is 2.63 bits per heavy atom. The number of benzene rings is 2. The van der Waals surface area contributed by atoms with Crippen LogP contribution in [0.1, 0.15) is 43.2 Å². The van der Waals surface area contributed by atoms with Crippen molar-refractivity contribution < 1.29 is 28.5 Å². The SMILES string of the molecule is CCOc1cc([C@H]2C(C(=O)OC)=C(N)OC3=C2C(=O)CCC3)ccc1OCc1ccc(Cl)cc1Cl. The molecule has 35 heavy (non-hydrogen) atoms. The maximum absolute atomic E-state index is 12.9. The predicted octanol–water partition coefficient (Wildman–Crippen LogP) is 5.44. The monoisotopic (exact) mass is 517 g/mol. The first-order valence-corrected chi connectivity index (χ1v) is 11.9. The van der Waals surface area contributed by atoms with E-state index in [4.69, 9.17) is 47.9 Å². The third-order valence-corrected chi connectivity index (χ3v) is 6.48. The fourth-order valence-electron chi connectivity index (χ4n) is 4.28. The van der Waals surface area contributed by atoms with Crippen LogP contribution in [0.2, 0.25) is 10.0 Å². The smallest absolute Gasteiger partial charge is 0.340 e. The van der Waals surface area contributed by atoms with Gasteiger partial charge in [0.05, 0.1) is 19.6 Å². The molecule has 0 amide bonds. The fraction of sp³-hybridized carbons (Fsp3) is 0.308. The van der Waals surface area contributed by atoms with Gasteiger partial charge in [0.2, 0.25) is 5.88 Å². The Morgan fingerprint density at radius 2 is 1.91 bits per heavy atom. The molecule has 0 bridgehead atoms. The average Bonchev–Trinajstić information content (AvgIpc) is 2.83. The molecule has 2 aromatic rings. The van der Waals surface area contributed by atoms with Crippen LogP contribution in [-0.4, -0.2) is 25.5 Å². The minimum atomic E-state index is -0.738. The Balaban J connectivity index is 1.73. The highest BCUT2D eigenvalue weighted by molar-refractivity contribution is 6.35. The van der Waals surface area contributed by atoms with Crippen LogP contribution >= 0.6 is 23.2 Å². The van der Waals surface area contributed by atoms with Gasteiger partial charge in [-0.25, -0.2) is 4.79 Å². The van der Waals surface area contributed by atoms with Gasteiger partial charge in [0.1, 0.15) is 17.9 Å². The average molecular weight is 518 g/mol. The minimum absolute atomic E-state index is 0.0639. The molecule has 7 nitrogen and oxygen atoms in total. The molecule has 2 aromatic carbocycles. The quantitative estimate of drug-likeness (QED) is 0.488. The molecule has 0 unspecified atom stereocenters. The van der Waals surface area contributed by atoms with Gasteiger partial charge < -0.3 is 24.7 Å². The third-order valence-electron chi connectivity index (χ3n) is 5.89. The number of nitrogens with two attached hydrogens (primary N) is 1. The molecule has 0 fully saturated rings. The normalized spacial score (nSPS) is 17.6. The number of methoxy groups -OCH3 is 1. The summed E-state index contributed by atoms with van der Waals surface area (Å²) in [5.41, 5.74) is 8.05. The zero-order valence-corrected chi connectivity index (χ0v) is 20.9. The van der Waals surface area contributed by atoms with Gasteiger partial charge in [-0.15, -0.1) is 0 Å². The second-order valence-electron chi connectivity index (χ2n) is 8.08. The van der Waals surface area contributed by atoms with E-state index in [-0.39, 0.29) is 23.8 Å². The summed E-state index contributed by atoms with van der Waals surface area (Å²) in [5.74, 6) is -0.117. The molecule has 4 rings (SSSR count). The summed E-state index contributed by atoms with van der Waals surface area (Å²) >= 11 is 12.2. The first kappa shape index (κ1) is 24.9. The highest BCUT2D eigenvalue weighted by Crippen LogP contribution is 2.45.